The SMILES string of the molecule is c1ccc(N2c3ccccc3B3c4ccccc4N(c4ccccc4)c4c3c2cc2c4-c3ccccc3C23CCCCC3)cc1. The van der Waals surface area contributed by atoms with E-state index >= 15 is 0 Å². The minimum atomic E-state index is 0.0455. The molecule has 0 atom stereocenters. The number of nitrogens with zero attached hydrogens (tertiary/aromatic N) is 2. The average molecular weight is 577 g/mol. The normalized spacial score (nSPS) is 16.5. The molecule has 0 bridgehead atoms. The first-order chi connectivity index (χ1) is 22.4. The lowest BCUT2D eigenvalue weighted by Crippen LogP contribution is -2.61. The third-order valence-electron chi connectivity index (χ3n) is 11.0. The van der Waals surface area contributed by atoms with E-state index < -0.39 is 0 Å². The third-order valence-corrected chi connectivity index (χ3v) is 11.0. The first kappa shape index (κ1) is 25.3. The Morgan fingerprint density at radius 1 is 0.489 bits per heavy atom. The van der Waals surface area contributed by atoms with Gasteiger partial charge in [0.25, 0.3) is 6.71 Å². The van der Waals surface area contributed by atoms with Crippen LogP contribution < -0.4 is 26.2 Å². The number of para-hydroxylation sites is 4. The molecule has 3 heteroatoms. The van der Waals surface area contributed by atoms with Crippen LogP contribution in [0.3, 0.4) is 0 Å². The van der Waals surface area contributed by atoms with Gasteiger partial charge in [0.05, 0.1) is 5.69 Å². The van der Waals surface area contributed by atoms with Gasteiger partial charge in [-0.15, -0.1) is 0 Å². The topological polar surface area (TPSA) is 6.48 Å². The second kappa shape index (κ2) is 9.49. The molecule has 1 saturated carbocycles. The van der Waals surface area contributed by atoms with Gasteiger partial charge in [-0.1, -0.05) is 116 Å². The lowest BCUT2D eigenvalue weighted by Gasteiger charge is -2.46. The van der Waals surface area contributed by atoms with Crippen molar-refractivity contribution in [1.29, 1.82) is 0 Å². The minimum absolute atomic E-state index is 0.0455. The van der Waals surface area contributed by atoms with Crippen LogP contribution in [-0.2, 0) is 5.41 Å². The van der Waals surface area contributed by atoms with Crippen molar-refractivity contribution in [1.82, 2.24) is 0 Å². The summed E-state index contributed by atoms with van der Waals surface area (Å²) in [5.74, 6) is 0. The monoisotopic (exact) mass is 576 g/mol. The van der Waals surface area contributed by atoms with Crippen molar-refractivity contribution in [3.8, 4) is 11.1 Å². The molecule has 10 rings (SSSR count). The predicted molar refractivity (Wildman–Crippen MR) is 190 cm³/mol. The summed E-state index contributed by atoms with van der Waals surface area (Å²) in [6.07, 6.45) is 6.30. The van der Waals surface area contributed by atoms with E-state index in [9.17, 15) is 0 Å². The first-order valence-corrected chi connectivity index (χ1v) is 16.5. The maximum atomic E-state index is 2.63. The average Bonchev–Trinajstić information content (AvgIpc) is 3.37. The van der Waals surface area contributed by atoms with Crippen LogP contribution in [0.25, 0.3) is 11.1 Å². The van der Waals surface area contributed by atoms with Gasteiger partial charge < -0.3 is 9.80 Å². The summed E-state index contributed by atoms with van der Waals surface area (Å²) in [7, 11) is 0. The Labute approximate surface area is 265 Å². The number of anilines is 6. The van der Waals surface area contributed by atoms with Gasteiger partial charge in [-0.25, -0.2) is 0 Å². The van der Waals surface area contributed by atoms with E-state index in [1.807, 2.05) is 0 Å². The van der Waals surface area contributed by atoms with E-state index in [0.717, 1.165) is 0 Å². The van der Waals surface area contributed by atoms with Crippen molar-refractivity contribution in [3.05, 3.63) is 151 Å². The van der Waals surface area contributed by atoms with Crippen LogP contribution in [0.5, 0.6) is 0 Å². The first-order valence-electron chi connectivity index (χ1n) is 16.5. The Hall–Kier alpha value is -5.02. The molecule has 1 fully saturated rings. The van der Waals surface area contributed by atoms with Gasteiger partial charge in [-0.05, 0) is 88.4 Å². The molecule has 4 aliphatic rings. The lowest BCUT2D eigenvalue weighted by molar-refractivity contribution is 0.353. The van der Waals surface area contributed by atoms with Crippen LogP contribution in [0.15, 0.2) is 140 Å². The van der Waals surface area contributed by atoms with Crippen molar-refractivity contribution in [2.24, 2.45) is 0 Å². The number of hydrogen-bond donors (Lipinski definition) is 0. The molecule has 2 aliphatic heterocycles. The molecule has 0 radical (unpaired) electrons. The van der Waals surface area contributed by atoms with Gasteiger partial charge in [0.15, 0.2) is 0 Å². The van der Waals surface area contributed by atoms with E-state index in [-0.39, 0.29) is 12.1 Å². The lowest BCUT2D eigenvalue weighted by atomic mass is 9.33. The van der Waals surface area contributed by atoms with E-state index in [4.69, 9.17) is 0 Å². The molecule has 0 amide bonds. The van der Waals surface area contributed by atoms with Gasteiger partial charge in [-0.2, -0.15) is 0 Å². The maximum Gasteiger partial charge on any atom is 0.252 e. The molecular weight excluding hydrogens is 543 g/mol. The summed E-state index contributed by atoms with van der Waals surface area (Å²) < 4.78 is 0. The second-order valence-electron chi connectivity index (χ2n) is 13.2. The smallest absolute Gasteiger partial charge is 0.252 e. The Kier molecular flexibility index (Phi) is 5.34. The van der Waals surface area contributed by atoms with Crippen molar-refractivity contribution in [2.45, 2.75) is 37.5 Å². The molecule has 2 heterocycles. The van der Waals surface area contributed by atoms with Crippen molar-refractivity contribution in [3.63, 3.8) is 0 Å². The van der Waals surface area contributed by atoms with Crippen LogP contribution in [0.1, 0.15) is 43.2 Å². The van der Waals surface area contributed by atoms with Crippen LogP contribution in [0.4, 0.5) is 34.1 Å². The van der Waals surface area contributed by atoms with Crippen LogP contribution >= 0.6 is 0 Å². The summed E-state index contributed by atoms with van der Waals surface area (Å²) in [6.45, 7) is 0.141. The van der Waals surface area contributed by atoms with Crippen molar-refractivity contribution < 1.29 is 0 Å². The molecule has 0 saturated heterocycles. The van der Waals surface area contributed by atoms with E-state index in [2.05, 4.69) is 149 Å². The van der Waals surface area contributed by atoms with Gasteiger partial charge in [-0.3, -0.25) is 0 Å². The van der Waals surface area contributed by atoms with Gasteiger partial charge >= 0.3 is 0 Å². The van der Waals surface area contributed by atoms with Gasteiger partial charge in [0.1, 0.15) is 0 Å². The Morgan fingerprint density at radius 3 is 1.73 bits per heavy atom. The second-order valence-corrected chi connectivity index (χ2v) is 13.2. The highest BCUT2D eigenvalue weighted by atomic mass is 15.2. The Bertz CT molecular complexity index is 2100. The zero-order valence-corrected chi connectivity index (χ0v) is 25.3. The number of hydrogen-bond acceptors (Lipinski definition) is 2. The summed E-state index contributed by atoms with van der Waals surface area (Å²) in [5.41, 5.74) is 17.8. The van der Waals surface area contributed by atoms with Crippen LogP contribution in [0.2, 0.25) is 0 Å². The summed E-state index contributed by atoms with van der Waals surface area (Å²) in [4.78, 5) is 5.15. The maximum absolute atomic E-state index is 2.63. The molecule has 0 N–H and O–H groups in total. The molecule has 0 aromatic heterocycles. The summed E-state index contributed by atoms with van der Waals surface area (Å²) >= 11 is 0. The standard InChI is InChI=1S/C42H33BN2/c1-4-16-29(17-5-1)44-36-24-12-10-22-34(36)43-35-23-11-13-25-37(35)45(30-18-6-2-7-19-30)41-39-31-20-8-9-21-32(31)42(26-14-3-15-27-42)33(39)28-38(44)40(41)43/h1-2,4-13,16-25,28H,3,14-15,26-27H2. The molecule has 2 nitrogen and oxygen atoms in total. The summed E-state index contributed by atoms with van der Waals surface area (Å²) in [6, 6.07) is 52.3. The number of benzene rings is 6. The van der Waals surface area contributed by atoms with Gasteiger partial charge in [0.2, 0.25) is 0 Å². The van der Waals surface area contributed by atoms with Crippen molar-refractivity contribution in [2.75, 3.05) is 9.80 Å². The predicted octanol–water partition coefficient (Wildman–Crippen LogP) is 9.00. The molecule has 45 heavy (non-hydrogen) atoms. The van der Waals surface area contributed by atoms with Crippen molar-refractivity contribution >= 4 is 57.2 Å². The number of fused-ring (bicyclic) bond motifs is 10. The molecule has 6 aromatic rings. The summed E-state index contributed by atoms with van der Waals surface area (Å²) in [5, 5.41) is 0. The zero-order chi connectivity index (χ0) is 29.5. The Morgan fingerprint density at radius 2 is 1.04 bits per heavy atom. The fourth-order valence-corrected chi connectivity index (χ4v) is 9.28. The fraction of sp³-hybridized carbons (Fsp3) is 0.143. The van der Waals surface area contributed by atoms with Crippen LogP contribution in [0, 0.1) is 0 Å². The highest BCUT2D eigenvalue weighted by molar-refractivity contribution is 7.00. The fourth-order valence-electron chi connectivity index (χ4n) is 9.28. The largest absolute Gasteiger partial charge is 0.311 e. The quantitative estimate of drug-likeness (QED) is 0.190. The third kappa shape index (κ3) is 3.36. The molecule has 6 aromatic carbocycles. The highest BCUT2D eigenvalue weighted by Gasteiger charge is 2.50. The molecule has 2 aliphatic carbocycles. The van der Waals surface area contributed by atoms with E-state index in [0.29, 0.717) is 0 Å². The van der Waals surface area contributed by atoms with E-state index in [1.54, 1.807) is 0 Å². The number of rotatable bonds is 2. The molecule has 1 spiro atoms. The Balaban J connectivity index is 1.41. The van der Waals surface area contributed by atoms with E-state index in [1.165, 1.54) is 105 Å². The molecule has 214 valence electrons. The molecule has 0 unspecified atom stereocenters. The molecular formula is C42H33BN2. The van der Waals surface area contributed by atoms with Gasteiger partial charge in [0, 0.05) is 39.4 Å². The highest BCUT2D eigenvalue weighted by Crippen LogP contribution is 2.61. The van der Waals surface area contributed by atoms with Crippen LogP contribution in [-0.4, -0.2) is 6.71 Å². The minimum Gasteiger partial charge on any atom is -0.311 e. The zero-order valence-electron chi connectivity index (χ0n) is 25.3.